The highest BCUT2D eigenvalue weighted by Crippen LogP contribution is 2.35. The summed E-state index contributed by atoms with van der Waals surface area (Å²) in [7, 11) is 1.60. The van der Waals surface area contributed by atoms with Gasteiger partial charge in [-0.2, -0.15) is 0 Å². The number of amides is 1. The number of ether oxygens (including phenoxy) is 1. The second-order valence-electron chi connectivity index (χ2n) is 5.33. The molecular weight excluding hydrogens is 300 g/mol. The zero-order valence-electron chi connectivity index (χ0n) is 12.6. The average Bonchev–Trinajstić information content (AvgIpc) is 3.23. The van der Waals surface area contributed by atoms with Crippen molar-refractivity contribution in [3.8, 4) is 5.75 Å². The Morgan fingerprint density at radius 2 is 2.22 bits per heavy atom. The number of methoxy groups -OCH3 is 1. The molecule has 3 rings (SSSR count). The predicted octanol–water partition coefficient (Wildman–Crippen LogP) is 3.17. The molecule has 1 aliphatic rings. The number of carbonyl (C=O) groups excluding carboxylic acids is 1. The quantitative estimate of drug-likeness (QED) is 0.639. The molecule has 1 atom stereocenters. The van der Waals surface area contributed by atoms with E-state index in [1.54, 1.807) is 12.0 Å². The molecular formula is C16H16N2O5. The van der Waals surface area contributed by atoms with E-state index in [4.69, 9.17) is 9.15 Å². The molecule has 0 N–H and O–H groups in total. The second kappa shape index (κ2) is 6.12. The van der Waals surface area contributed by atoms with Crippen molar-refractivity contribution in [2.24, 2.45) is 0 Å². The minimum absolute atomic E-state index is 0.00787. The van der Waals surface area contributed by atoms with Crippen molar-refractivity contribution < 1.29 is 18.9 Å². The van der Waals surface area contributed by atoms with Crippen LogP contribution in [0.3, 0.4) is 0 Å². The highest BCUT2D eigenvalue weighted by molar-refractivity contribution is 5.92. The highest BCUT2D eigenvalue weighted by Gasteiger charge is 2.33. The van der Waals surface area contributed by atoms with E-state index < -0.39 is 10.8 Å². The first-order valence-electron chi connectivity index (χ1n) is 7.29. The smallest absolute Gasteiger partial charge is 0.433 e. The van der Waals surface area contributed by atoms with E-state index >= 15 is 0 Å². The maximum absolute atomic E-state index is 12.6. The fourth-order valence-corrected chi connectivity index (χ4v) is 2.89. The fourth-order valence-electron chi connectivity index (χ4n) is 2.89. The maximum atomic E-state index is 12.6. The van der Waals surface area contributed by atoms with Gasteiger partial charge in [0.2, 0.25) is 0 Å². The minimum atomic E-state index is -0.652. The van der Waals surface area contributed by atoms with E-state index in [0.29, 0.717) is 6.54 Å². The Morgan fingerprint density at radius 3 is 2.91 bits per heavy atom. The Balaban J connectivity index is 1.85. The molecule has 7 nitrogen and oxygen atoms in total. The second-order valence-corrected chi connectivity index (χ2v) is 5.33. The van der Waals surface area contributed by atoms with Crippen molar-refractivity contribution in [1.29, 1.82) is 0 Å². The summed E-state index contributed by atoms with van der Waals surface area (Å²) in [5.41, 5.74) is 0.983. The van der Waals surface area contributed by atoms with Crippen molar-refractivity contribution in [3.05, 3.63) is 57.8 Å². The largest absolute Gasteiger partial charge is 0.497 e. The third-order valence-corrected chi connectivity index (χ3v) is 3.97. The highest BCUT2D eigenvalue weighted by atomic mass is 16.6. The summed E-state index contributed by atoms with van der Waals surface area (Å²) in [5.74, 6) is -0.0316. The van der Waals surface area contributed by atoms with E-state index in [1.165, 1.54) is 12.1 Å². The van der Waals surface area contributed by atoms with Crippen LogP contribution in [-0.2, 0) is 0 Å². The number of hydrogen-bond acceptors (Lipinski definition) is 5. The summed E-state index contributed by atoms with van der Waals surface area (Å²) in [5, 5.41) is 10.7. The van der Waals surface area contributed by atoms with Crippen molar-refractivity contribution in [3.63, 3.8) is 0 Å². The summed E-state index contributed by atoms with van der Waals surface area (Å²) in [6.07, 6.45) is 1.71. The normalized spacial score (nSPS) is 17.3. The molecule has 7 heteroatoms. The first-order valence-corrected chi connectivity index (χ1v) is 7.29. The molecule has 0 bridgehead atoms. The molecule has 1 aromatic heterocycles. The lowest BCUT2D eigenvalue weighted by Crippen LogP contribution is -2.30. The molecule has 1 unspecified atom stereocenters. The minimum Gasteiger partial charge on any atom is -0.497 e. The molecule has 0 aliphatic carbocycles. The summed E-state index contributed by atoms with van der Waals surface area (Å²) in [4.78, 5) is 24.3. The maximum Gasteiger partial charge on any atom is 0.433 e. The van der Waals surface area contributed by atoms with Gasteiger partial charge in [0.1, 0.15) is 10.7 Å². The molecule has 1 amide bonds. The van der Waals surface area contributed by atoms with E-state index in [1.807, 2.05) is 24.3 Å². The van der Waals surface area contributed by atoms with E-state index in [0.717, 1.165) is 24.2 Å². The Labute approximate surface area is 132 Å². The van der Waals surface area contributed by atoms with Crippen LogP contribution in [0, 0.1) is 10.1 Å². The third kappa shape index (κ3) is 2.90. The summed E-state index contributed by atoms with van der Waals surface area (Å²) in [6.45, 7) is 0.592. The zero-order valence-corrected chi connectivity index (χ0v) is 12.6. The Kier molecular flexibility index (Phi) is 4.01. The Morgan fingerprint density at radius 1 is 1.39 bits per heavy atom. The zero-order chi connectivity index (χ0) is 16.4. The van der Waals surface area contributed by atoms with Crippen LogP contribution in [0.4, 0.5) is 5.88 Å². The lowest BCUT2D eigenvalue weighted by molar-refractivity contribution is -0.402. The molecule has 1 saturated heterocycles. The first-order chi connectivity index (χ1) is 11.1. The molecule has 1 aromatic carbocycles. The standard InChI is InChI=1S/C16H16N2O5/c1-22-12-5-2-4-11(10-12)13-6-3-9-17(13)16(19)14-7-8-15(23-14)18(20)21/h2,4-5,7-8,10,13H,3,6,9H2,1H3. The van der Waals surface area contributed by atoms with Gasteiger partial charge < -0.3 is 14.1 Å². The van der Waals surface area contributed by atoms with Crippen molar-refractivity contribution in [2.75, 3.05) is 13.7 Å². The molecule has 1 aliphatic heterocycles. The number of furan rings is 1. The number of likely N-dealkylation sites (tertiary alicyclic amines) is 1. The van der Waals surface area contributed by atoms with Gasteiger partial charge in [-0.15, -0.1) is 0 Å². The molecule has 1 fully saturated rings. The van der Waals surface area contributed by atoms with Gasteiger partial charge in [0.05, 0.1) is 19.2 Å². The van der Waals surface area contributed by atoms with Crippen LogP contribution in [-0.4, -0.2) is 29.4 Å². The number of nitrogens with zero attached hydrogens (tertiary/aromatic N) is 2. The molecule has 0 spiro atoms. The predicted molar refractivity (Wildman–Crippen MR) is 81.4 cm³/mol. The van der Waals surface area contributed by atoms with Crippen molar-refractivity contribution in [2.45, 2.75) is 18.9 Å². The molecule has 23 heavy (non-hydrogen) atoms. The van der Waals surface area contributed by atoms with Crippen LogP contribution in [0.5, 0.6) is 5.75 Å². The van der Waals surface area contributed by atoms with Crippen molar-refractivity contribution in [1.82, 2.24) is 4.90 Å². The number of benzene rings is 1. The van der Waals surface area contributed by atoms with Crippen molar-refractivity contribution >= 4 is 11.8 Å². The Bertz CT molecular complexity index is 740. The van der Waals surface area contributed by atoms with Crippen LogP contribution in [0.15, 0.2) is 40.8 Å². The van der Waals surface area contributed by atoms with Crippen LogP contribution in [0.2, 0.25) is 0 Å². The monoisotopic (exact) mass is 316 g/mol. The van der Waals surface area contributed by atoms with Gasteiger partial charge in [-0.25, -0.2) is 0 Å². The van der Waals surface area contributed by atoms with Crippen LogP contribution in [0.1, 0.15) is 35.0 Å². The van der Waals surface area contributed by atoms with E-state index in [-0.39, 0.29) is 17.7 Å². The number of nitro groups is 1. The molecule has 2 aromatic rings. The van der Waals surface area contributed by atoms with E-state index in [9.17, 15) is 14.9 Å². The molecule has 120 valence electrons. The Hall–Kier alpha value is -2.83. The third-order valence-electron chi connectivity index (χ3n) is 3.97. The molecule has 0 radical (unpaired) electrons. The summed E-state index contributed by atoms with van der Waals surface area (Å²) < 4.78 is 10.3. The van der Waals surface area contributed by atoms with Gasteiger partial charge in [0, 0.05) is 6.54 Å². The van der Waals surface area contributed by atoms with Gasteiger partial charge in [-0.3, -0.25) is 14.9 Å². The first kappa shape index (κ1) is 15.1. The average molecular weight is 316 g/mol. The SMILES string of the molecule is COc1cccc(C2CCCN2C(=O)c2ccc([N+](=O)[O-])o2)c1. The van der Waals surface area contributed by atoms with Gasteiger partial charge in [-0.1, -0.05) is 12.1 Å². The van der Waals surface area contributed by atoms with Gasteiger partial charge in [0.25, 0.3) is 5.91 Å². The van der Waals surface area contributed by atoms with Crippen LogP contribution >= 0.6 is 0 Å². The van der Waals surface area contributed by atoms with E-state index in [2.05, 4.69) is 0 Å². The van der Waals surface area contributed by atoms with Crippen LogP contribution in [0.25, 0.3) is 0 Å². The fraction of sp³-hybridized carbons (Fsp3) is 0.312. The lowest BCUT2D eigenvalue weighted by Gasteiger charge is -2.24. The van der Waals surface area contributed by atoms with Gasteiger partial charge in [-0.05, 0) is 36.6 Å². The summed E-state index contributed by atoms with van der Waals surface area (Å²) in [6, 6.07) is 10.0. The van der Waals surface area contributed by atoms with Gasteiger partial charge in [0.15, 0.2) is 5.76 Å². The molecule has 0 saturated carbocycles. The number of carbonyl (C=O) groups is 1. The molecule has 2 heterocycles. The lowest BCUT2D eigenvalue weighted by atomic mass is 10.0. The number of rotatable bonds is 4. The summed E-state index contributed by atoms with van der Waals surface area (Å²) >= 11 is 0. The topological polar surface area (TPSA) is 85.8 Å². The van der Waals surface area contributed by atoms with Crippen LogP contribution < -0.4 is 4.74 Å². The number of hydrogen-bond donors (Lipinski definition) is 0. The van der Waals surface area contributed by atoms with Gasteiger partial charge >= 0.3 is 5.88 Å².